The van der Waals surface area contributed by atoms with Crippen LogP contribution in [0.25, 0.3) is 0 Å². The average Bonchev–Trinajstić information content (AvgIpc) is 2.23. The van der Waals surface area contributed by atoms with E-state index < -0.39 is 0 Å². The van der Waals surface area contributed by atoms with Crippen LogP contribution in [0.1, 0.15) is 18.4 Å². The van der Waals surface area contributed by atoms with Crippen molar-refractivity contribution >= 4 is 0 Å². The molecule has 2 rings (SSSR count). The summed E-state index contributed by atoms with van der Waals surface area (Å²) < 4.78 is 0. The lowest BCUT2D eigenvalue weighted by atomic mass is 9.94. The van der Waals surface area contributed by atoms with Crippen molar-refractivity contribution in [2.45, 2.75) is 19.4 Å². The molecule has 2 nitrogen and oxygen atoms in total. The van der Waals surface area contributed by atoms with Gasteiger partial charge in [-0.15, -0.1) is 0 Å². The fraction of sp³-hybridized carbons (Fsp3) is 0.462. The maximum absolute atomic E-state index is 8.47. The predicted molar refractivity (Wildman–Crippen MR) is 60.1 cm³/mol. The van der Waals surface area contributed by atoms with E-state index in [2.05, 4.69) is 41.3 Å². The number of hydrogen-bond acceptors (Lipinski definition) is 2. The number of nitrogens with zero attached hydrogens (tertiary/aromatic N) is 2. The summed E-state index contributed by atoms with van der Waals surface area (Å²) in [6, 6.07) is 12.8. The van der Waals surface area contributed by atoms with Crippen molar-refractivity contribution in [2.75, 3.05) is 13.1 Å². The van der Waals surface area contributed by atoms with Gasteiger partial charge in [0.15, 0.2) is 0 Å². The highest BCUT2D eigenvalue weighted by molar-refractivity contribution is 5.14. The molecule has 1 heterocycles. The van der Waals surface area contributed by atoms with Gasteiger partial charge >= 0.3 is 0 Å². The molecule has 0 radical (unpaired) electrons. The van der Waals surface area contributed by atoms with Gasteiger partial charge in [0.2, 0.25) is 0 Å². The van der Waals surface area contributed by atoms with E-state index in [1.807, 2.05) is 0 Å². The minimum Gasteiger partial charge on any atom is -0.298 e. The smallest absolute Gasteiger partial charge is 0.0621 e. The topological polar surface area (TPSA) is 27.0 Å². The van der Waals surface area contributed by atoms with Gasteiger partial charge in [0.05, 0.1) is 6.07 Å². The maximum atomic E-state index is 8.47. The van der Waals surface area contributed by atoms with E-state index in [-0.39, 0.29) is 0 Å². The Labute approximate surface area is 91.1 Å². The third-order valence-corrected chi connectivity index (χ3v) is 2.95. The molecular formula is C13H16N2. The van der Waals surface area contributed by atoms with E-state index in [1.54, 1.807) is 0 Å². The Bertz CT molecular complexity index is 333. The molecule has 0 atom stereocenters. The highest BCUT2D eigenvalue weighted by Gasteiger charge is 2.25. The van der Waals surface area contributed by atoms with Gasteiger partial charge in [-0.3, -0.25) is 4.90 Å². The molecule has 2 heteroatoms. The van der Waals surface area contributed by atoms with E-state index in [0.29, 0.717) is 6.42 Å². The fourth-order valence-electron chi connectivity index (χ4n) is 2.10. The van der Waals surface area contributed by atoms with Gasteiger partial charge in [-0.25, -0.2) is 0 Å². The third-order valence-electron chi connectivity index (χ3n) is 2.95. The Morgan fingerprint density at radius 2 is 2.00 bits per heavy atom. The molecule has 1 aliphatic heterocycles. The summed E-state index contributed by atoms with van der Waals surface area (Å²) in [6.45, 7) is 3.39. The summed E-state index contributed by atoms with van der Waals surface area (Å²) >= 11 is 0. The second-order valence-corrected chi connectivity index (χ2v) is 4.24. The van der Waals surface area contributed by atoms with E-state index in [4.69, 9.17) is 5.26 Å². The van der Waals surface area contributed by atoms with Crippen molar-refractivity contribution in [2.24, 2.45) is 5.92 Å². The molecule has 15 heavy (non-hydrogen) atoms. The zero-order valence-corrected chi connectivity index (χ0v) is 8.89. The van der Waals surface area contributed by atoms with E-state index in [1.165, 1.54) is 5.56 Å². The molecule has 1 aromatic rings. The van der Waals surface area contributed by atoms with Crippen LogP contribution in [-0.4, -0.2) is 18.0 Å². The first-order valence-corrected chi connectivity index (χ1v) is 5.51. The molecular weight excluding hydrogens is 184 g/mol. The minimum atomic E-state index is 0.712. The van der Waals surface area contributed by atoms with Crippen LogP contribution in [0.4, 0.5) is 0 Å². The van der Waals surface area contributed by atoms with Gasteiger partial charge in [-0.1, -0.05) is 30.3 Å². The molecule has 0 aromatic heterocycles. The number of rotatable bonds is 4. The SMILES string of the molecule is N#CCCC1CN(Cc2ccccc2)C1. The molecule has 0 spiro atoms. The molecule has 0 N–H and O–H groups in total. The highest BCUT2D eigenvalue weighted by Crippen LogP contribution is 2.22. The lowest BCUT2D eigenvalue weighted by molar-refractivity contribution is 0.0875. The lowest BCUT2D eigenvalue weighted by Crippen LogP contribution is -2.45. The normalized spacial score (nSPS) is 17.0. The first-order chi connectivity index (χ1) is 7.38. The minimum absolute atomic E-state index is 0.712. The Morgan fingerprint density at radius 1 is 1.27 bits per heavy atom. The zero-order valence-electron chi connectivity index (χ0n) is 8.89. The van der Waals surface area contributed by atoms with Crippen LogP contribution in [-0.2, 0) is 6.54 Å². The molecule has 0 aliphatic carbocycles. The maximum Gasteiger partial charge on any atom is 0.0621 e. The molecule has 1 aromatic carbocycles. The Balaban J connectivity index is 1.70. The van der Waals surface area contributed by atoms with Crippen molar-refractivity contribution < 1.29 is 0 Å². The second-order valence-electron chi connectivity index (χ2n) is 4.24. The highest BCUT2D eigenvalue weighted by atomic mass is 15.2. The van der Waals surface area contributed by atoms with Gasteiger partial charge in [-0.2, -0.15) is 5.26 Å². The van der Waals surface area contributed by atoms with Crippen molar-refractivity contribution in [1.29, 1.82) is 5.26 Å². The zero-order chi connectivity index (χ0) is 10.5. The quantitative estimate of drug-likeness (QED) is 0.746. The first-order valence-electron chi connectivity index (χ1n) is 5.51. The molecule has 0 unspecified atom stereocenters. The summed E-state index contributed by atoms with van der Waals surface area (Å²) in [6.07, 6.45) is 1.78. The molecule has 0 saturated carbocycles. The van der Waals surface area contributed by atoms with Crippen LogP contribution < -0.4 is 0 Å². The van der Waals surface area contributed by atoms with Crippen LogP contribution >= 0.6 is 0 Å². The molecule has 78 valence electrons. The van der Waals surface area contributed by atoms with E-state index in [0.717, 1.165) is 32.0 Å². The second kappa shape index (κ2) is 4.95. The number of likely N-dealkylation sites (tertiary alicyclic amines) is 1. The van der Waals surface area contributed by atoms with Crippen molar-refractivity contribution in [3.05, 3.63) is 35.9 Å². The van der Waals surface area contributed by atoms with E-state index in [9.17, 15) is 0 Å². The van der Waals surface area contributed by atoms with Gasteiger partial charge in [0.25, 0.3) is 0 Å². The summed E-state index contributed by atoms with van der Waals surface area (Å²) in [4.78, 5) is 2.44. The first kappa shape index (κ1) is 10.2. The number of nitriles is 1. The number of benzene rings is 1. The molecule has 0 bridgehead atoms. The van der Waals surface area contributed by atoms with Crippen molar-refractivity contribution in [1.82, 2.24) is 4.90 Å². The monoisotopic (exact) mass is 200 g/mol. The average molecular weight is 200 g/mol. The Morgan fingerprint density at radius 3 is 2.67 bits per heavy atom. The van der Waals surface area contributed by atoms with Crippen LogP contribution in [0, 0.1) is 17.2 Å². The van der Waals surface area contributed by atoms with Gasteiger partial charge in [0, 0.05) is 26.1 Å². The lowest BCUT2D eigenvalue weighted by Gasteiger charge is -2.39. The Hall–Kier alpha value is -1.33. The van der Waals surface area contributed by atoms with Gasteiger partial charge < -0.3 is 0 Å². The standard InChI is InChI=1S/C13H16N2/c14-8-4-7-13-10-15(11-13)9-12-5-2-1-3-6-12/h1-3,5-6,13H,4,7,9-11H2. The summed E-state index contributed by atoms with van der Waals surface area (Å²) in [7, 11) is 0. The van der Waals surface area contributed by atoms with Crippen LogP contribution in [0.2, 0.25) is 0 Å². The van der Waals surface area contributed by atoms with Gasteiger partial charge in [-0.05, 0) is 17.9 Å². The van der Waals surface area contributed by atoms with Crippen LogP contribution in [0.3, 0.4) is 0 Å². The summed E-state index contributed by atoms with van der Waals surface area (Å²) in [5.41, 5.74) is 1.39. The van der Waals surface area contributed by atoms with E-state index >= 15 is 0 Å². The Kier molecular flexibility index (Phi) is 3.37. The predicted octanol–water partition coefficient (Wildman–Crippen LogP) is 2.42. The van der Waals surface area contributed by atoms with Crippen molar-refractivity contribution in [3.8, 4) is 6.07 Å². The number of hydrogen-bond donors (Lipinski definition) is 0. The van der Waals surface area contributed by atoms with Crippen LogP contribution in [0.5, 0.6) is 0 Å². The van der Waals surface area contributed by atoms with Crippen LogP contribution in [0.15, 0.2) is 30.3 Å². The molecule has 1 saturated heterocycles. The summed E-state index contributed by atoms with van der Waals surface area (Å²) in [5, 5.41) is 8.47. The third kappa shape index (κ3) is 2.81. The largest absolute Gasteiger partial charge is 0.298 e. The van der Waals surface area contributed by atoms with Gasteiger partial charge in [0.1, 0.15) is 0 Å². The molecule has 1 fully saturated rings. The summed E-state index contributed by atoms with van der Waals surface area (Å²) in [5.74, 6) is 0.758. The van der Waals surface area contributed by atoms with Crippen molar-refractivity contribution in [3.63, 3.8) is 0 Å². The molecule has 1 aliphatic rings. The molecule has 0 amide bonds. The fourth-order valence-corrected chi connectivity index (χ4v) is 2.10.